The molecule has 0 bridgehead atoms. The third-order valence-electron chi connectivity index (χ3n) is 4.70. The molecule has 0 radical (unpaired) electrons. The van der Waals surface area contributed by atoms with Gasteiger partial charge in [0, 0.05) is 13.1 Å². The summed E-state index contributed by atoms with van der Waals surface area (Å²) in [5, 5.41) is 0.0332. The molecule has 0 aliphatic carbocycles. The molecule has 0 aromatic heterocycles. The number of hydrogen-bond acceptors (Lipinski definition) is 2. The zero-order valence-electron chi connectivity index (χ0n) is 12.3. The van der Waals surface area contributed by atoms with Crippen LogP contribution in [0.3, 0.4) is 0 Å². The maximum Gasteiger partial charge on any atom is 0.240 e. The number of carbonyl (C=O) groups excluding carboxylic acids is 1. The second-order valence-electron chi connectivity index (χ2n) is 6.28. The lowest BCUT2D eigenvalue weighted by molar-refractivity contribution is -0.129. The Kier molecular flexibility index (Phi) is 4.06. The van der Waals surface area contributed by atoms with Gasteiger partial charge in [-0.25, -0.2) is 0 Å². The van der Waals surface area contributed by atoms with E-state index in [0.29, 0.717) is 17.7 Å². The molecule has 0 unspecified atom stereocenters. The Labute approximate surface area is 125 Å². The number of aryl methyl sites for hydroxylation is 1. The van der Waals surface area contributed by atoms with E-state index in [-0.39, 0.29) is 5.25 Å². The summed E-state index contributed by atoms with van der Waals surface area (Å²) >= 11 is 1.82. The third kappa shape index (κ3) is 2.60. The van der Waals surface area contributed by atoms with E-state index in [1.165, 1.54) is 17.5 Å². The van der Waals surface area contributed by atoms with Gasteiger partial charge in [-0.2, -0.15) is 0 Å². The van der Waals surface area contributed by atoms with Crippen LogP contribution in [0.25, 0.3) is 0 Å². The van der Waals surface area contributed by atoms with E-state index in [1.807, 2.05) is 11.8 Å². The van der Waals surface area contributed by atoms with E-state index in [0.717, 1.165) is 25.3 Å². The molecule has 2 atom stereocenters. The standard InChI is InChI=1S/C17H23NOS/c1-12(2)14-7-9-18(11-14)17(19)16-15-6-4-3-5-13(15)8-10-20-16/h3-6,12,14,16H,7-11H2,1-2H3/t14-,16+/m0/s1. The van der Waals surface area contributed by atoms with Gasteiger partial charge in [0.1, 0.15) is 5.25 Å². The van der Waals surface area contributed by atoms with Gasteiger partial charge in [-0.15, -0.1) is 11.8 Å². The number of nitrogens with zero attached hydrogens (tertiary/aromatic N) is 1. The fraction of sp³-hybridized carbons (Fsp3) is 0.588. The second-order valence-corrected chi connectivity index (χ2v) is 7.49. The second kappa shape index (κ2) is 5.80. The highest BCUT2D eigenvalue weighted by molar-refractivity contribution is 8.00. The number of fused-ring (bicyclic) bond motifs is 1. The van der Waals surface area contributed by atoms with Gasteiger partial charge in [-0.1, -0.05) is 38.1 Å². The number of thioether (sulfide) groups is 1. The number of amides is 1. The number of likely N-dealkylation sites (tertiary alicyclic amines) is 1. The summed E-state index contributed by atoms with van der Waals surface area (Å²) in [6, 6.07) is 8.46. The Bertz CT molecular complexity index is 500. The van der Waals surface area contributed by atoms with Crippen LogP contribution in [0.4, 0.5) is 0 Å². The van der Waals surface area contributed by atoms with Gasteiger partial charge >= 0.3 is 0 Å². The van der Waals surface area contributed by atoms with Crippen LogP contribution in [0.2, 0.25) is 0 Å². The first-order chi connectivity index (χ1) is 9.66. The van der Waals surface area contributed by atoms with Crippen molar-refractivity contribution in [3.8, 4) is 0 Å². The average molecular weight is 289 g/mol. The maximum absolute atomic E-state index is 12.8. The number of hydrogen-bond donors (Lipinski definition) is 0. The normalized spacial score (nSPS) is 25.9. The molecule has 3 heteroatoms. The largest absolute Gasteiger partial charge is 0.341 e. The molecule has 0 spiro atoms. The fourth-order valence-corrected chi connectivity index (χ4v) is 4.57. The molecule has 2 aliphatic heterocycles. The summed E-state index contributed by atoms with van der Waals surface area (Å²) in [6.45, 7) is 6.43. The Morgan fingerprint density at radius 1 is 1.35 bits per heavy atom. The SMILES string of the molecule is CC(C)[C@H]1CCN(C(=O)[C@@H]2SCCc3ccccc32)C1. The minimum Gasteiger partial charge on any atom is -0.341 e. The molecule has 1 fully saturated rings. The topological polar surface area (TPSA) is 20.3 Å². The van der Waals surface area contributed by atoms with Crippen molar-refractivity contribution < 1.29 is 4.79 Å². The summed E-state index contributed by atoms with van der Waals surface area (Å²) in [5.41, 5.74) is 2.62. The summed E-state index contributed by atoms with van der Waals surface area (Å²) < 4.78 is 0. The van der Waals surface area contributed by atoms with Crippen LogP contribution in [-0.4, -0.2) is 29.6 Å². The molecule has 2 heterocycles. The smallest absolute Gasteiger partial charge is 0.240 e. The number of benzene rings is 1. The molecular formula is C17H23NOS. The molecule has 1 saturated heterocycles. The van der Waals surface area contributed by atoms with Crippen LogP contribution >= 0.6 is 11.8 Å². The fourth-order valence-electron chi connectivity index (χ4n) is 3.30. The predicted octanol–water partition coefficient (Wildman–Crippen LogP) is 3.52. The minimum atomic E-state index is 0.0332. The zero-order chi connectivity index (χ0) is 14.1. The minimum absolute atomic E-state index is 0.0332. The van der Waals surface area contributed by atoms with Gasteiger partial charge in [0.05, 0.1) is 0 Å². The predicted molar refractivity (Wildman–Crippen MR) is 84.9 cm³/mol. The summed E-state index contributed by atoms with van der Waals surface area (Å²) in [7, 11) is 0. The Balaban J connectivity index is 1.76. The van der Waals surface area contributed by atoms with E-state index in [9.17, 15) is 4.79 Å². The van der Waals surface area contributed by atoms with Crippen LogP contribution in [0, 0.1) is 11.8 Å². The van der Waals surface area contributed by atoms with Crippen molar-refractivity contribution in [1.29, 1.82) is 0 Å². The van der Waals surface area contributed by atoms with Crippen molar-refractivity contribution >= 4 is 17.7 Å². The first-order valence-corrected chi connectivity index (χ1v) is 8.70. The molecule has 1 amide bonds. The monoisotopic (exact) mass is 289 g/mol. The molecule has 2 aliphatic rings. The van der Waals surface area contributed by atoms with Crippen LogP contribution in [0.1, 0.15) is 36.6 Å². The van der Waals surface area contributed by atoms with Gasteiger partial charge in [-0.05, 0) is 41.6 Å². The van der Waals surface area contributed by atoms with Crippen molar-refractivity contribution in [3.05, 3.63) is 35.4 Å². The quantitative estimate of drug-likeness (QED) is 0.830. The Morgan fingerprint density at radius 3 is 2.90 bits per heavy atom. The lowest BCUT2D eigenvalue weighted by Gasteiger charge is -2.28. The first-order valence-electron chi connectivity index (χ1n) is 7.65. The lowest BCUT2D eigenvalue weighted by atomic mass is 9.95. The van der Waals surface area contributed by atoms with Gasteiger partial charge < -0.3 is 4.90 Å². The van der Waals surface area contributed by atoms with E-state index in [1.54, 1.807) is 0 Å². The molecule has 0 saturated carbocycles. The van der Waals surface area contributed by atoms with Crippen LogP contribution in [0.5, 0.6) is 0 Å². The lowest BCUT2D eigenvalue weighted by Crippen LogP contribution is -2.34. The Morgan fingerprint density at radius 2 is 2.15 bits per heavy atom. The Hall–Kier alpha value is -0.960. The molecule has 20 heavy (non-hydrogen) atoms. The maximum atomic E-state index is 12.8. The number of rotatable bonds is 2. The van der Waals surface area contributed by atoms with E-state index < -0.39 is 0 Å². The van der Waals surface area contributed by atoms with Gasteiger partial charge in [-0.3, -0.25) is 4.79 Å². The molecule has 108 valence electrons. The van der Waals surface area contributed by atoms with Crippen molar-refractivity contribution in [2.75, 3.05) is 18.8 Å². The highest BCUT2D eigenvalue weighted by Gasteiger charge is 2.34. The molecular weight excluding hydrogens is 266 g/mol. The van der Waals surface area contributed by atoms with Crippen molar-refractivity contribution in [2.24, 2.45) is 11.8 Å². The molecule has 1 aromatic rings. The van der Waals surface area contributed by atoms with Gasteiger partial charge in [0.15, 0.2) is 0 Å². The summed E-state index contributed by atoms with van der Waals surface area (Å²) in [4.78, 5) is 14.9. The molecule has 1 aromatic carbocycles. The summed E-state index contributed by atoms with van der Waals surface area (Å²) in [6.07, 6.45) is 2.27. The van der Waals surface area contributed by atoms with E-state index >= 15 is 0 Å². The third-order valence-corrected chi connectivity index (χ3v) is 5.93. The van der Waals surface area contributed by atoms with Gasteiger partial charge in [0.2, 0.25) is 5.91 Å². The molecule has 0 N–H and O–H groups in total. The van der Waals surface area contributed by atoms with Crippen molar-refractivity contribution in [2.45, 2.75) is 31.9 Å². The van der Waals surface area contributed by atoms with E-state index in [2.05, 4.69) is 43.0 Å². The van der Waals surface area contributed by atoms with Crippen molar-refractivity contribution in [3.63, 3.8) is 0 Å². The van der Waals surface area contributed by atoms with Crippen molar-refractivity contribution in [1.82, 2.24) is 4.90 Å². The summed E-state index contributed by atoms with van der Waals surface area (Å²) in [5.74, 6) is 2.77. The average Bonchev–Trinajstić information content (AvgIpc) is 2.96. The van der Waals surface area contributed by atoms with Gasteiger partial charge in [0.25, 0.3) is 0 Å². The van der Waals surface area contributed by atoms with E-state index in [4.69, 9.17) is 0 Å². The highest BCUT2D eigenvalue weighted by Crippen LogP contribution is 2.39. The van der Waals surface area contributed by atoms with Crippen LogP contribution < -0.4 is 0 Å². The number of carbonyl (C=O) groups is 1. The molecule has 3 rings (SSSR count). The molecule has 2 nitrogen and oxygen atoms in total. The first kappa shape index (κ1) is 14.0. The van der Waals surface area contributed by atoms with Crippen LogP contribution in [-0.2, 0) is 11.2 Å². The van der Waals surface area contributed by atoms with Crippen LogP contribution in [0.15, 0.2) is 24.3 Å². The zero-order valence-corrected chi connectivity index (χ0v) is 13.2. The highest BCUT2D eigenvalue weighted by atomic mass is 32.2.